The van der Waals surface area contributed by atoms with E-state index in [4.69, 9.17) is 16.9 Å². The van der Waals surface area contributed by atoms with E-state index in [1.54, 1.807) is 24.3 Å². The minimum Gasteiger partial charge on any atom is -0.387 e. The van der Waals surface area contributed by atoms with Gasteiger partial charge in [-0.15, -0.1) is 0 Å². The Morgan fingerprint density at radius 1 is 1.39 bits per heavy atom. The molecule has 0 unspecified atom stereocenters. The SMILES string of the molecule is CC(C)N/C=C(/C#N)C(=O)Nc1ccc(Cl)cc1. The summed E-state index contributed by atoms with van der Waals surface area (Å²) in [5.74, 6) is -0.451. The number of nitriles is 1. The van der Waals surface area contributed by atoms with Gasteiger partial charge < -0.3 is 10.6 Å². The van der Waals surface area contributed by atoms with Crippen molar-refractivity contribution in [2.24, 2.45) is 0 Å². The molecule has 1 aromatic carbocycles. The Kier molecular flexibility index (Phi) is 5.22. The summed E-state index contributed by atoms with van der Waals surface area (Å²) in [5, 5.41) is 15.0. The maximum absolute atomic E-state index is 11.8. The van der Waals surface area contributed by atoms with E-state index in [0.29, 0.717) is 10.7 Å². The Morgan fingerprint density at radius 3 is 2.50 bits per heavy atom. The first-order valence-electron chi connectivity index (χ1n) is 5.46. The molecule has 0 saturated heterocycles. The number of carbonyl (C=O) groups excluding carboxylic acids is 1. The van der Waals surface area contributed by atoms with Crippen LogP contribution in [0.25, 0.3) is 0 Å². The number of hydrogen-bond donors (Lipinski definition) is 2. The van der Waals surface area contributed by atoms with Crippen molar-refractivity contribution >= 4 is 23.2 Å². The zero-order valence-electron chi connectivity index (χ0n) is 10.2. The van der Waals surface area contributed by atoms with Gasteiger partial charge in [0.05, 0.1) is 0 Å². The van der Waals surface area contributed by atoms with Crippen molar-refractivity contribution in [2.45, 2.75) is 19.9 Å². The van der Waals surface area contributed by atoms with Gasteiger partial charge in [-0.3, -0.25) is 4.79 Å². The summed E-state index contributed by atoms with van der Waals surface area (Å²) in [5.41, 5.74) is 0.619. The quantitative estimate of drug-likeness (QED) is 0.648. The van der Waals surface area contributed by atoms with Crippen molar-refractivity contribution in [1.82, 2.24) is 5.32 Å². The summed E-state index contributed by atoms with van der Waals surface area (Å²) in [6.07, 6.45) is 1.41. The molecule has 1 amide bonds. The molecule has 0 heterocycles. The lowest BCUT2D eigenvalue weighted by molar-refractivity contribution is -0.112. The first-order valence-corrected chi connectivity index (χ1v) is 5.84. The molecule has 1 rings (SSSR count). The molecule has 0 bridgehead atoms. The van der Waals surface area contributed by atoms with Crippen LogP contribution in [0.1, 0.15) is 13.8 Å². The highest BCUT2D eigenvalue weighted by molar-refractivity contribution is 6.30. The molecule has 5 heteroatoms. The Hall–Kier alpha value is -1.99. The normalized spacial score (nSPS) is 10.9. The first-order chi connectivity index (χ1) is 8.52. The predicted octanol–water partition coefficient (Wildman–Crippen LogP) is 2.68. The summed E-state index contributed by atoms with van der Waals surface area (Å²) < 4.78 is 0. The Labute approximate surface area is 111 Å². The lowest BCUT2D eigenvalue weighted by Gasteiger charge is -2.06. The van der Waals surface area contributed by atoms with Gasteiger partial charge in [0.25, 0.3) is 5.91 Å². The fourth-order valence-corrected chi connectivity index (χ4v) is 1.26. The summed E-state index contributed by atoms with van der Waals surface area (Å²) in [4.78, 5) is 11.8. The van der Waals surface area contributed by atoms with Crippen LogP contribution in [0.2, 0.25) is 5.02 Å². The lowest BCUT2D eigenvalue weighted by atomic mass is 10.2. The van der Waals surface area contributed by atoms with E-state index in [2.05, 4.69) is 10.6 Å². The van der Waals surface area contributed by atoms with Crippen LogP contribution in [-0.4, -0.2) is 11.9 Å². The van der Waals surface area contributed by atoms with Crippen molar-refractivity contribution in [1.29, 1.82) is 5.26 Å². The number of nitrogens with one attached hydrogen (secondary N) is 2. The largest absolute Gasteiger partial charge is 0.387 e. The summed E-state index contributed by atoms with van der Waals surface area (Å²) in [7, 11) is 0. The molecule has 2 N–H and O–H groups in total. The third-order valence-electron chi connectivity index (χ3n) is 2.03. The van der Waals surface area contributed by atoms with Crippen LogP contribution in [0.5, 0.6) is 0 Å². The molecular weight excluding hydrogens is 250 g/mol. The third-order valence-corrected chi connectivity index (χ3v) is 2.28. The fourth-order valence-electron chi connectivity index (χ4n) is 1.13. The number of nitrogens with zero attached hydrogens (tertiary/aromatic N) is 1. The number of anilines is 1. The van der Waals surface area contributed by atoms with E-state index < -0.39 is 5.91 Å². The zero-order valence-corrected chi connectivity index (χ0v) is 11.0. The van der Waals surface area contributed by atoms with E-state index in [-0.39, 0.29) is 11.6 Å². The van der Waals surface area contributed by atoms with Gasteiger partial charge in [0.1, 0.15) is 11.6 Å². The van der Waals surface area contributed by atoms with E-state index in [1.165, 1.54) is 6.20 Å². The topological polar surface area (TPSA) is 64.9 Å². The Bertz CT molecular complexity index is 486. The molecule has 0 fully saturated rings. The van der Waals surface area contributed by atoms with Crippen molar-refractivity contribution in [3.63, 3.8) is 0 Å². The van der Waals surface area contributed by atoms with Crippen LogP contribution in [0.15, 0.2) is 36.0 Å². The summed E-state index contributed by atoms with van der Waals surface area (Å²) in [6, 6.07) is 8.69. The predicted molar refractivity (Wildman–Crippen MR) is 72.0 cm³/mol. The fraction of sp³-hybridized carbons (Fsp3) is 0.231. The monoisotopic (exact) mass is 263 g/mol. The van der Waals surface area contributed by atoms with Gasteiger partial charge in [0, 0.05) is 23.0 Å². The molecule has 0 spiro atoms. The van der Waals surface area contributed by atoms with Gasteiger partial charge in [-0.05, 0) is 38.1 Å². The van der Waals surface area contributed by atoms with Gasteiger partial charge in [-0.1, -0.05) is 11.6 Å². The van der Waals surface area contributed by atoms with Crippen molar-refractivity contribution in [3.05, 3.63) is 41.1 Å². The van der Waals surface area contributed by atoms with Crippen molar-refractivity contribution in [3.8, 4) is 6.07 Å². The Balaban J connectivity index is 2.72. The first kappa shape index (κ1) is 14.1. The summed E-state index contributed by atoms with van der Waals surface area (Å²) >= 11 is 5.74. The highest BCUT2D eigenvalue weighted by atomic mass is 35.5. The number of hydrogen-bond acceptors (Lipinski definition) is 3. The third kappa shape index (κ3) is 4.48. The highest BCUT2D eigenvalue weighted by Crippen LogP contribution is 2.13. The average molecular weight is 264 g/mol. The standard InChI is InChI=1S/C13H14ClN3O/c1-9(2)16-8-10(7-15)13(18)17-12-5-3-11(14)4-6-12/h3-6,8-9,16H,1-2H3,(H,17,18)/b10-8-. The number of benzene rings is 1. The second-order valence-electron chi connectivity index (χ2n) is 3.95. The zero-order chi connectivity index (χ0) is 13.5. The van der Waals surface area contributed by atoms with Gasteiger partial charge in [-0.2, -0.15) is 5.26 Å². The maximum atomic E-state index is 11.8. The van der Waals surface area contributed by atoms with Crippen LogP contribution in [0.3, 0.4) is 0 Å². The van der Waals surface area contributed by atoms with Gasteiger partial charge in [0.2, 0.25) is 0 Å². The van der Waals surface area contributed by atoms with E-state index in [9.17, 15) is 4.79 Å². The second-order valence-corrected chi connectivity index (χ2v) is 4.39. The second kappa shape index (κ2) is 6.67. The Morgan fingerprint density at radius 2 is 2.00 bits per heavy atom. The van der Waals surface area contributed by atoms with Crippen LogP contribution in [0.4, 0.5) is 5.69 Å². The van der Waals surface area contributed by atoms with Crippen molar-refractivity contribution < 1.29 is 4.79 Å². The number of amides is 1. The van der Waals surface area contributed by atoms with Gasteiger partial charge >= 0.3 is 0 Å². The maximum Gasteiger partial charge on any atom is 0.267 e. The molecule has 0 radical (unpaired) electrons. The number of halogens is 1. The average Bonchev–Trinajstić information content (AvgIpc) is 2.32. The highest BCUT2D eigenvalue weighted by Gasteiger charge is 2.09. The molecule has 18 heavy (non-hydrogen) atoms. The molecule has 4 nitrogen and oxygen atoms in total. The van der Waals surface area contributed by atoms with Crippen LogP contribution < -0.4 is 10.6 Å². The molecule has 0 saturated carbocycles. The molecule has 1 aromatic rings. The number of carbonyl (C=O) groups is 1. The minimum absolute atomic E-state index is 0.0265. The van der Waals surface area contributed by atoms with Crippen LogP contribution in [0, 0.1) is 11.3 Å². The smallest absolute Gasteiger partial charge is 0.267 e. The molecule has 0 aliphatic carbocycles. The molecule has 0 atom stereocenters. The molecule has 0 aliphatic rings. The van der Waals surface area contributed by atoms with E-state index in [1.807, 2.05) is 19.9 Å². The van der Waals surface area contributed by atoms with E-state index >= 15 is 0 Å². The van der Waals surface area contributed by atoms with Crippen LogP contribution >= 0.6 is 11.6 Å². The molecular formula is C13H14ClN3O. The van der Waals surface area contributed by atoms with Crippen molar-refractivity contribution in [2.75, 3.05) is 5.32 Å². The minimum atomic E-state index is -0.451. The van der Waals surface area contributed by atoms with Crippen LogP contribution in [-0.2, 0) is 4.79 Å². The summed E-state index contributed by atoms with van der Waals surface area (Å²) in [6.45, 7) is 3.84. The number of rotatable bonds is 4. The van der Waals surface area contributed by atoms with E-state index in [0.717, 1.165) is 0 Å². The molecule has 94 valence electrons. The lowest BCUT2D eigenvalue weighted by Crippen LogP contribution is -2.20. The van der Waals surface area contributed by atoms with Gasteiger partial charge in [0.15, 0.2) is 0 Å². The van der Waals surface area contributed by atoms with Gasteiger partial charge in [-0.25, -0.2) is 0 Å². The molecule has 0 aliphatic heterocycles. The molecule has 0 aromatic heterocycles.